The number of benzene rings is 1. The minimum Gasteiger partial charge on any atom is -0.506 e. The first-order chi connectivity index (χ1) is 11.0. The molecule has 0 aliphatic rings. The maximum Gasteiger partial charge on any atom is 0.343 e. The van der Waals surface area contributed by atoms with Gasteiger partial charge in [-0.15, -0.1) is 0 Å². The van der Waals surface area contributed by atoms with Crippen molar-refractivity contribution < 1.29 is 29.2 Å². The van der Waals surface area contributed by atoms with E-state index in [0.717, 1.165) is 6.21 Å². The molecule has 0 aromatic heterocycles. The predicted octanol–water partition coefficient (Wildman–Crippen LogP) is 1.97. The van der Waals surface area contributed by atoms with E-state index in [1.807, 2.05) is 0 Å². The molecule has 8 heteroatoms. The molecule has 0 unspecified atom stereocenters. The summed E-state index contributed by atoms with van der Waals surface area (Å²) in [7, 11) is 4.12. The van der Waals surface area contributed by atoms with Crippen LogP contribution in [0.1, 0.15) is 5.56 Å². The summed E-state index contributed by atoms with van der Waals surface area (Å²) in [6.07, 6.45) is 1.15. The first-order valence-corrected chi connectivity index (χ1v) is 7.33. The van der Waals surface area contributed by atoms with Gasteiger partial charge >= 0.3 is 5.97 Å². The minimum atomic E-state index is -0.766. The number of carbonyl (C=O) groups excluding carboxylic acids is 1. The Bertz CT molecular complexity index is 627. The van der Waals surface area contributed by atoms with Crippen LogP contribution in [0.2, 0.25) is 0 Å². The normalized spacial score (nSPS) is 12.0. The summed E-state index contributed by atoms with van der Waals surface area (Å²) in [4.78, 5) is 15.7. The van der Waals surface area contributed by atoms with Crippen molar-refractivity contribution in [1.29, 1.82) is 0 Å². The quantitative estimate of drug-likeness (QED) is 0.321. The van der Waals surface area contributed by atoms with Gasteiger partial charge in [0.1, 0.15) is 22.8 Å². The standard InChI is InChI=1S/C15H18BrNO6/c1-21-12-7-13(22-2)11(16)6-9(12)14(19)10(15(20)23-3)8-17-4-5-18/h6-8,18-19H,4-5H2,1-3H3. The fraction of sp³-hybridized carbons (Fsp3) is 0.333. The monoisotopic (exact) mass is 387 g/mol. The number of nitrogens with zero attached hydrogens (tertiary/aromatic N) is 1. The lowest BCUT2D eigenvalue weighted by Crippen LogP contribution is -2.10. The summed E-state index contributed by atoms with van der Waals surface area (Å²) >= 11 is 3.31. The fourth-order valence-corrected chi connectivity index (χ4v) is 2.23. The maximum absolute atomic E-state index is 11.9. The third-order valence-electron chi connectivity index (χ3n) is 2.84. The van der Waals surface area contributed by atoms with Crippen LogP contribution in [0.5, 0.6) is 11.5 Å². The highest BCUT2D eigenvalue weighted by atomic mass is 79.9. The minimum absolute atomic E-state index is 0.0945. The van der Waals surface area contributed by atoms with E-state index in [1.165, 1.54) is 21.3 Å². The highest BCUT2D eigenvalue weighted by Gasteiger charge is 2.20. The molecule has 1 rings (SSSR count). The zero-order valence-electron chi connectivity index (χ0n) is 13.0. The van der Waals surface area contributed by atoms with E-state index < -0.39 is 5.97 Å². The van der Waals surface area contributed by atoms with Crippen molar-refractivity contribution in [2.45, 2.75) is 0 Å². The van der Waals surface area contributed by atoms with Gasteiger partial charge in [-0.25, -0.2) is 4.79 Å². The van der Waals surface area contributed by atoms with Gasteiger partial charge in [0.2, 0.25) is 0 Å². The molecule has 0 amide bonds. The molecule has 2 N–H and O–H groups in total. The molecule has 0 aliphatic carbocycles. The number of aliphatic imine (C=N–C) groups is 1. The molecule has 0 saturated heterocycles. The summed E-state index contributed by atoms with van der Waals surface area (Å²) in [5, 5.41) is 19.2. The molecule has 0 saturated carbocycles. The number of methoxy groups -OCH3 is 3. The van der Waals surface area contributed by atoms with Crippen molar-refractivity contribution in [2.75, 3.05) is 34.5 Å². The summed E-state index contributed by atoms with van der Waals surface area (Å²) in [6.45, 7) is -0.0830. The van der Waals surface area contributed by atoms with Crippen LogP contribution in [0.3, 0.4) is 0 Å². The molecule has 0 spiro atoms. The van der Waals surface area contributed by atoms with Gasteiger partial charge in [0.15, 0.2) is 0 Å². The molecule has 0 radical (unpaired) electrons. The Labute approximate surface area is 142 Å². The summed E-state index contributed by atoms with van der Waals surface area (Å²) in [5.74, 6) is -0.316. The number of rotatable bonds is 7. The molecular formula is C15H18BrNO6. The lowest BCUT2D eigenvalue weighted by molar-refractivity contribution is -0.135. The number of carbonyl (C=O) groups is 1. The molecule has 23 heavy (non-hydrogen) atoms. The first kappa shape index (κ1) is 19.0. The highest BCUT2D eigenvalue weighted by molar-refractivity contribution is 9.10. The van der Waals surface area contributed by atoms with Crippen LogP contribution < -0.4 is 9.47 Å². The largest absolute Gasteiger partial charge is 0.506 e. The average molecular weight is 388 g/mol. The molecule has 0 bridgehead atoms. The van der Waals surface area contributed by atoms with Gasteiger partial charge in [-0.05, 0) is 22.0 Å². The Kier molecular flexibility index (Phi) is 7.56. The molecule has 0 atom stereocenters. The fourth-order valence-electron chi connectivity index (χ4n) is 1.72. The maximum atomic E-state index is 11.9. The topological polar surface area (TPSA) is 97.6 Å². The number of hydrogen-bond donors (Lipinski definition) is 2. The zero-order chi connectivity index (χ0) is 17.4. The Balaban J connectivity index is 3.48. The van der Waals surface area contributed by atoms with E-state index >= 15 is 0 Å². The van der Waals surface area contributed by atoms with Crippen molar-refractivity contribution in [3.05, 3.63) is 27.7 Å². The van der Waals surface area contributed by atoms with E-state index in [0.29, 0.717) is 16.0 Å². The molecule has 0 aliphatic heterocycles. The van der Waals surface area contributed by atoms with Gasteiger partial charge < -0.3 is 24.4 Å². The molecular weight excluding hydrogens is 370 g/mol. The van der Waals surface area contributed by atoms with E-state index in [4.69, 9.17) is 14.6 Å². The van der Waals surface area contributed by atoms with Crippen molar-refractivity contribution >= 4 is 33.9 Å². The highest BCUT2D eigenvalue weighted by Crippen LogP contribution is 2.36. The van der Waals surface area contributed by atoms with Gasteiger partial charge in [-0.1, -0.05) is 0 Å². The SMILES string of the molecule is COC(=O)C(C=NCCO)=C(O)c1cc(Br)c(OC)cc1OC. The van der Waals surface area contributed by atoms with Crippen molar-refractivity contribution in [3.8, 4) is 11.5 Å². The average Bonchev–Trinajstić information content (AvgIpc) is 2.57. The first-order valence-electron chi connectivity index (χ1n) is 6.54. The molecule has 1 aromatic rings. The Morgan fingerprint density at radius 3 is 2.43 bits per heavy atom. The summed E-state index contributed by atoms with van der Waals surface area (Å²) < 4.78 is 15.6. The van der Waals surface area contributed by atoms with Gasteiger partial charge in [-0.3, -0.25) is 4.99 Å². The van der Waals surface area contributed by atoms with E-state index in [2.05, 4.69) is 25.7 Å². The van der Waals surface area contributed by atoms with Gasteiger partial charge in [-0.2, -0.15) is 0 Å². The Morgan fingerprint density at radius 1 is 1.26 bits per heavy atom. The van der Waals surface area contributed by atoms with Crippen molar-refractivity contribution in [1.82, 2.24) is 0 Å². The summed E-state index contributed by atoms with van der Waals surface area (Å²) in [6, 6.07) is 3.12. The van der Waals surface area contributed by atoms with Gasteiger partial charge in [0.05, 0.1) is 44.5 Å². The van der Waals surface area contributed by atoms with Crippen LogP contribution in [-0.4, -0.2) is 56.9 Å². The van der Waals surface area contributed by atoms with E-state index in [1.54, 1.807) is 12.1 Å². The second-order valence-corrected chi connectivity index (χ2v) is 5.05. The zero-order valence-corrected chi connectivity index (χ0v) is 14.6. The second kappa shape index (κ2) is 9.16. The number of aliphatic hydroxyl groups is 2. The van der Waals surface area contributed by atoms with Gasteiger partial charge in [0.25, 0.3) is 0 Å². The lowest BCUT2D eigenvalue weighted by Gasteiger charge is -2.13. The van der Waals surface area contributed by atoms with Crippen LogP contribution in [0.25, 0.3) is 5.76 Å². The third-order valence-corrected chi connectivity index (χ3v) is 3.46. The second-order valence-electron chi connectivity index (χ2n) is 4.20. The molecule has 126 valence electrons. The molecule has 7 nitrogen and oxygen atoms in total. The number of hydrogen-bond acceptors (Lipinski definition) is 7. The van der Waals surface area contributed by atoms with Crippen LogP contribution >= 0.6 is 15.9 Å². The van der Waals surface area contributed by atoms with Crippen LogP contribution in [0.15, 0.2) is 27.2 Å². The smallest absolute Gasteiger partial charge is 0.343 e. The Hall–Kier alpha value is -2.06. The van der Waals surface area contributed by atoms with Crippen LogP contribution in [-0.2, 0) is 9.53 Å². The van der Waals surface area contributed by atoms with Crippen molar-refractivity contribution in [3.63, 3.8) is 0 Å². The lowest BCUT2D eigenvalue weighted by atomic mass is 10.1. The number of halogens is 1. The molecule has 1 aromatic carbocycles. The Morgan fingerprint density at radius 2 is 1.91 bits per heavy atom. The third kappa shape index (κ3) is 4.70. The van der Waals surface area contributed by atoms with E-state index in [-0.39, 0.29) is 30.0 Å². The van der Waals surface area contributed by atoms with Crippen LogP contribution in [0, 0.1) is 0 Å². The molecule has 0 heterocycles. The van der Waals surface area contributed by atoms with Crippen molar-refractivity contribution in [2.24, 2.45) is 4.99 Å². The van der Waals surface area contributed by atoms with Gasteiger partial charge in [0, 0.05) is 12.3 Å². The number of aliphatic hydroxyl groups excluding tert-OH is 2. The van der Waals surface area contributed by atoms with E-state index in [9.17, 15) is 9.90 Å². The number of ether oxygens (including phenoxy) is 3. The molecule has 0 fully saturated rings. The predicted molar refractivity (Wildman–Crippen MR) is 89.3 cm³/mol. The number of esters is 1. The van der Waals surface area contributed by atoms with Crippen LogP contribution in [0.4, 0.5) is 0 Å². The summed E-state index contributed by atoms with van der Waals surface area (Å²) in [5.41, 5.74) is 0.104.